The number of hydrogen-bond acceptors (Lipinski definition) is 3. The lowest BCUT2D eigenvalue weighted by molar-refractivity contribution is -0.120. The molecule has 0 aliphatic carbocycles. The van der Waals surface area contributed by atoms with Crippen molar-refractivity contribution < 1.29 is 19.1 Å². The van der Waals surface area contributed by atoms with Crippen LogP contribution in [0.25, 0.3) is 0 Å². The molecule has 0 unspecified atom stereocenters. The van der Waals surface area contributed by atoms with Crippen molar-refractivity contribution >= 4 is 23.5 Å². The van der Waals surface area contributed by atoms with Crippen LogP contribution in [0.5, 0.6) is 0 Å². The molecule has 0 aliphatic heterocycles. The second-order valence-electron chi connectivity index (χ2n) is 4.15. The highest BCUT2D eigenvalue weighted by molar-refractivity contribution is 6.30. The molecule has 0 bridgehead atoms. The van der Waals surface area contributed by atoms with Crippen molar-refractivity contribution in [2.24, 2.45) is 0 Å². The zero-order valence-corrected chi connectivity index (χ0v) is 11.2. The number of benzene rings is 1. The first-order chi connectivity index (χ1) is 9.54. The van der Waals surface area contributed by atoms with Crippen molar-refractivity contribution in [1.29, 1.82) is 0 Å². The van der Waals surface area contributed by atoms with Gasteiger partial charge >= 0.3 is 5.97 Å². The summed E-state index contributed by atoms with van der Waals surface area (Å²) < 4.78 is 5.03. The molecule has 2 aromatic rings. The van der Waals surface area contributed by atoms with Crippen LogP contribution in [0.1, 0.15) is 21.9 Å². The SMILES string of the molecule is O=C(Cc1cccc(Cl)c1)NCc1ccc(C(=O)O)o1. The Kier molecular flexibility index (Phi) is 4.42. The number of carbonyl (C=O) groups is 2. The number of furan rings is 1. The van der Waals surface area contributed by atoms with E-state index in [0.29, 0.717) is 10.8 Å². The third kappa shape index (κ3) is 3.86. The van der Waals surface area contributed by atoms with Crippen molar-refractivity contribution in [1.82, 2.24) is 5.32 Å². The summed E-state index contributed by atoms with van der Waals surface area (Å²) in [5.74, 6) is -1.09. The fourth-order valence-electron chi connectivity index (χ4n) is 1.67. The molecule has 0 atom stereocenters. The molecule has 1 amide bonds. The lowest BCUT2D eigenvalue weighted by atomic mass is 10.1. The second-order valence-corrected chi connectivity index (χ2v) is 4.59. The summed E-state index contributed by atoms with van der Waals surface area (Å²) in [5, 5.41) is 11.9. The van der Waals surface area contributed by atoms with Gasteiger partial charge in [0.05, 0.1) is 13.0 Å². The Labute approximate surface area is 120 Å². The Hall–Kier alpha value is -2.27. The molecule has 0 saturated carbocycles. The quantitative estimate of drug-likeness (QED) is 0.887. The van der Waals surface area contributed by atoms with Gasteiger partial charge in [0.2, 0.25) is 11.7 Å². The number of amides is 1. The summed E-state index contributed by atoms with van der Waals surface area (Å²) in [6.45, 7) is 0.146. The maximum absolute atomic E-state index is 11.7. The molecule has 20 heavy (non-hydrogen) atoms. The summed E-state index contributed by atoms with van der Waals surface area (Å²) in [7, 11) is 0. The number of halogens is 1. The van der Waals surface area contributed by atoms with E-state index in [1.807, 2.05) is 0 Å². The van der Waals surface area contributed by atoms with Crippen LogP contribution in [-0.4, -0.2) is 17.0 Å². The third-order valence-electron chi connectivity index (χ3n) is 2.59. The number of carbonyl (C=O) groups excluding carboxylic acids is 1. The minimum absolute atomic E-state index is 0.146. The minimum Gasteiger partial charge on any atom is -0.475 e. The molecular formula is C14H12ClNO4. The van der Waals surface area contributed by atoms with Gasteiger partial charge in [0.1, 0.15) is 5.76 Å². The summed E-state index contributed by atoms with van der Waals surface area (Å²) in [6, 6.07) is 9.90. The first kappa shape index (κ1) is 14.1. The number of rotatable bonds is 5. The molecule has 0 spiro atoms. The molecule has 104 valence electrons. The second kappa shape index (κ2) is 6.25. The lowest BCUT2D eigenvalue weighted by Gasteiger charge is -2.04. The predicted octanol–water partition coefficient (Wildman–Crippen LogP) is 2.49. The Morgan fingerprint density at radius 2 is 2.05 bits per heavy atom. The van der Waals surface area contributed by atoms with E-state index in [1.54, 1.807) is 24.3 Å². The normalized spacial score (nSPS) is 10.2. The van der Waals surface area contributed by atoms with E-state index in [1.165, 1.54) is 12.1 Å². The molecule has 0 fully saturated rings. The number of nitrogens with one attached hydrogen (secondary N) is 1. The zero-order chi connectivity index (χ0) is 14.5. The molecule has 1 aromatic heterocycles. The van der Waals surface area contributed by atoms with Gasteiger partial charge in [-0.15, -0.1) is 0 Å². The fourth-order valence-corrected chi connectivity index (χ4v) is 1.88. The van der Waals surface area contributed by atoms with E-state index in [2.05, 4.69) is 5.32 Å². The molecule has 1 heterocycles. The van der Waals surface area contributed by atoms with E-state index in [4.69, 9.17) is 21.1 Å². The summed E-state index contributed by atoms with van der Waals surface area (Å²) >= 11 is 5.83. The molecule has 0 radical (unpaired) electrons. The van der Waals surface area contributed by atoms with Gasteiger partial charge in [-0.25, -0.2) is 4.79 Å². The van der Waals surface area contributed by atoms with Crippen LogP contribution in [0.4, 0.5) is 0 Å². The first-order valence-corrected chi connectivity index (χ1v) is 6.25. The summed E-state index contributed by atoms with van der Waals surface area (Å²) in [6.07, 6.45) is 0.201. The average molecular weight is 294 g/mol. The van der Waals surface area contributed by atoms with Gasteiger partial charge < -0.3 is 14.8 Å². The Morgan fingerprint density at radius 3 is 2.70 bits per heavy atom. The van der Waals surface area contributed by atoms with Gasteiger partial charge in [-0.2, -0.15) is 0 Å². The van der Waals surface area contributed by atoms with Crippen LogP contribution in [-0.2, 0) is 17.8 Å². The number of aromatic carboxylic acids is 1. The Bertz CT molecular complexity index is 636. The van der Waals surface area contributed by atoms with E-state index in [0.717, 1.165) is 5.56 Å². The Balaban J connectivity index is 1.87. The average Bonchev–Trinajstić information content (AvgIpc) is 2.85. The molecule has 0 aliphatic rings. The monoisotopic (exact) mass is 293 g/mol. The summed E-state index contributed by atoms with van der Waals surface area (Å²) in [4.78, 5) is 22.4. The van der Waals surface area contributed by atoms with Gasteiger partial charge in [-0.05, 0) is 29.8 Å². The van der Waals surface area contributed by atoms with Crippen molar-refractivity contribution in [3.05, 3.63) is 58.5 Å². The largest absolute Gasteiger partial charge is 0.475 e. The number of carboxylic acid groups (broad SMARTS) is 1. The van der Waals surface area contributed by atoms with Gasteiger partial charge in [0.15, 0.2) is 0 Å². The maximum atomic E-state index is 11.7. The minimum atomic E-state index is -1.14. The van der Waals surface area contributed by atoms with Gasteiger partial charge in [0.25, 0.3) is 0 Å². The standard InChI is InChI=1S/C14H12ClNO4/c15-10-3-1-2-9(6-10)7-13(17)16-8-11-4-5-12(20-11)14(18)19/h1-6H,7-8H2,(H,16,17)(H,18,19). The lowest BCUT2D eigenvalue weighted by Crippen LogP contribution is -2.24. The number of hydrogen-bond donors (Lipinski definition) is 2. The van der Waals surface area contributed by atoms with Crippen molar-refractivity contribution in [2.45, 2.75) is 13.0 Å². The maximum Gasteiger partial charge on any atom is 0.371 e. The van der Waals surface area contributed by atoms with Gasteiger partial charge in [-0.3, -0.25) is 4.79 Å². The van der Waals surface area contributed by atoms with Crippen LogP contribution in [0.15, 0.2) is 40.8 Å². The van der Waals surface area contributed by atoms with E-state index < -0.39 is 5.97 Å². The van der Waals surface area contributed by atoms with Crippen LogP contribution in [0.2, 0.25) is 5.02 Å². The molecule has 5 nitrogen and oxygen atoms in total. The van der Waals surface area contributed by atoms with Crippen molar-refractivity contribution in [2.75, 3.05) is 0 Å². The van der Waals surface area contributed by atoms with Crippen molar-refractivity contribution in [3.63, 3.8) is 0 Å². The smallest absolute Gasteiger partial charge is 0.371 e. The topological polar surface area (TPSA) is 79.5 Å². The Morgan fingerprint density at radius 1 is 1.25 bits per heavy atom. The van der Waals surface area contributed by atoms with Crippen LogP contribution in [0.3, 0.4) is 0 Å². The fraction of sp³-hybridized carbons (Fsp3) is 0.143. The highest BCUT2D eigenvalue weighted by atomic mass is 35.5. The van der Waals surface area contributed by atoms with E-state index in [9.17, 15) is 9.59 Å². The van der Waals surface area contributed by atoms with Crippen LogP contribution in [0, 0.1) is 0 Å². The molecule has 2 N–H and O–H groups in total. The third-order valence-corrected chi connectivity index (χ3v) is 2.82. The molecule has 1 aromatic carbocycles. The molecule has 2 rings (SSSR count). The number of carboxylic acids is 1. The highest BCUT2D eigenvalue weighted by Gasteiger charge is 2.10. The van der Waals surface area contributed by atoms with Gasteiger partial charge in [0, 0.05) is 5.02 Å². The molecular weight excluding hydrogens is 282 g/mol. The predicted molar refractivity (Wildman–Crippen MR) is 72.7 cm³/mol. The van der Waals surface area contributed by atoms with Gasteiger partial charge in [-0.1, -0.05) is 23.7 Å². The van der Waals surface area contributed by atoms with E-state index in [-0.39, 0.29) is 24.6 Å². The zero-order valence-electron chi connectivity index (χ0n) is 10.4. The molecule has 0 saturated heterocycles. The highest BCUT2D eigenvalue weighted by Crippen LogP contribution is 2.11. The molecule has 6 heteroatoms. The van der Waals surface area contributed by atoms with E-state index >= 15 is 0 Å². The van der Waals surface area contributed by atoms with Crippen LogP contribution >= 0.6 is 11.6 Å². The van der Waals surface area contributed by atoms with Crippen molar-refractivity contribution in [3.8, 4) is 0 Å². The van der Waals surface area contributed by atoms with Crippen LogP contribution < -0.4 is 5.32 Å². The first-order valence-electron chi connectivity index (χ1n) is 5.88. The summed E-state index contributed by atoms with van der Waals surface area (Å²) in [5.41, 5.74) is 0.806.